The molecule has 1 heterocycles. The van der Waals surface area contributed by atoms with Gasteiger partial charge in [0.15, 0.2) is 5.78 Å². The minimum atomic E-state index is -0.385. The molecule has 5 heteroatoms. The summed E-state index contributed by atoms with van der Waals surface area (Å²) in [5.74, 6) is 0.463. The number of thiol groups is 1. The van der Waals surface area contributed by atoms with Crippen LogP contribution in [0.25, 0.3) is 0 Å². The number of fused-ring (bicyclic) bond motifs is 1. The molecule has 1 aliphatic heterocycles. The largest absolute Gasteiger partial charge is 0.461 e. The molecule has 0 bridgehead atoms. The molecule has 0 saturated carbocycles. The summed E-state index contributed by atoms with van der Waals surface area (Å²) < 4.78 is 5.02. The number of benzene rings is 1. The van der Waals surface area contributed by atoms with E-state index in [9.17, 15) is 9.59 Å². The van der Waals surface area contributed by atoms with Gasteiger partial charge >= 0.3 is 5.97 Å². The molecule has 1 radical (unpaired) electrons. The molecule has 0 fully saturated rings. The molecule has 0 atom stereocenters. The van der Waals surface area contributed by atoms with Crippen molar-refractivity contribution in [3.05, 3.63) is 58.1 Å². The molecule has 0 aliphatic carbocycles. The van der Waals surface area contributed by atoms with E-state index in [4.69, 9.17) is 4.74 Å². The van der Waals surface area contributed by atoms with Gasteiger partial charge in [-0.15, -0.1) is 0 Å². The summed E-state index contributed by atoms with van der Waals surface area (Å²) in [5, 5.41) is 0. The van der Waals surface area contributed by atoms with Crippen molar-refractivity contribution in [2.75, 3.05) is 20.7 Å². The molecule has 22 heavy (non-hydrogen) atoms. The van der Waals surface area contributed by atoms with Crippen LogP contribution in [0.15, 0.2) is 47.0 Å². The molecule has 4 nitrogen and oxygen atoms in total. The maximum absolute atomic E-state index is 12.5. The predicted molar refractivity (Wildman–Crippen MR) is 89.9 cm³/mol. The predicted octanol–water partition coefficient (Wildman–Crippen LogP) is 2.74. The number of allylic oxidation sites excluding steroid dienone is 3. The minimum Gasteiger partial charge on any atom is -0.461 e. The fourth-order valence-corrected chi connectivity index (χ4v) is 3.21. The summed E-state index contributed by atoms with van der Waals surface area (Å²) >= 11 is 0.957. The lowest BCUT2D eigenvalue weighted by Crippen LogP contribution is -2.21. The molecule has 0 amide bonds. The molecule has 1 aromatic rings. The van der Waals surface area contributed by atoms with E-state index >= 15 is 0 Å². The molecule has 1 aliphatic rings. The molecule has 0 aromatic heterocycles. The number of ether oxygens (including phenoxy) is 1. The summed E-state index contributed by atoms with van der Waals surface area (Å²) in [6, 6.07) is 7.65. The number of ketones is 1. The van der Waals surface area contributed by atoms with Gasteiger partial charge in [-0.05, 0) is 24.6 Å². The highest BCUT2D eigenvalue weighted by Gasteiger charge is 2.21. The Hall–Kier alpha value is -2.01. The zero-order valence-corrected chi connectivity index (χ0v) is 13.9. The Kier molecular flexibility index (Phi) is 5.44. The number of esters is 1. The number of carbonyl (C=O) groups is 2. The maximum Gasteiger partial charge on any atom is 0.354 e. The number of hydrogen-bond donors (Lipinski definition) is 1. The molecular weight excluding hydrogens is 298 g/mol. The second-order valence-electron chi connectivity index (χ2n) is 5.02. The number of likely N-dealkylation sites (N-methyl/N-ethyl adjacent to an activating group) is 1. The molecule has 0 spiro atoms. The summed E-state index contributed by atoms with van der Waals surface area (Å²) in [7, 11) is 3.55. The van der Waals surface area contributed by atoms with Gasteiger partial charge in [-0.2, -0.15) is 11.8 Å². The van der Waals surface area contributed by atoms with Gasteiger partial charge in [-0.1, -0.05) is 24.3 Å². The van der Waals surface area contributed by atoms with Gasteiger partial charge in [-0.25, -0.2) is 4.79 Å². The van der Waals surface area contributed by atoms with Crippen molar-refractivity contribution in [2.45, 2.75) is 12.7 Å². The quantitative estimate of drug-likeness (QED) is 0.527. The van der Waals surface area contributed by atoms with Gasteiger partial charge in [-0.3, -0.25) is 4.79 Å². The van der Waals surface area contributed by atoms with Crippen LogP contribution >= 0.6 is 11.8 Å². The Morgan fingerprint density at radius 2 is 2.09 bits per heavy atom. The lowest BCUT2D eigenvalue weighted by Gasteiger charge is -2.18. The van der Waals surface area contributed by atoms with Crippen LogP contribution in [0, 0.1) is 0 Å². The molecule has 0 saturated heterocycles. The Bertz CT molecular complexity index is 647. The normalized spacial score (nSPS) is 16.4. The number of hydrogen-bond acceptors (Lipinski definition) is 4. The topological polar surface area (TPSA) is 46.6 Å². The number of rotatable bonds is 4. The number of carbonyl (C=O) groups excluding carboxylic acids is 2. The Morgan fingerprint density at radius 1 is 1.36 bits per heavy atom. The fourth-order valence-electron chi connectivity index (χ4n) is 2.15. The van der Waals surface area contributed by atoms with Crippen molar-refractivity contribution < 1.29 is 14.3 Å². The van der Waals surface area contributed by atoms with Crippen molar-refractivity contribution in [3.63, 3.8) is 0 Å². The van der Waals surface area contributed by atoms with E-state index in [1.165, 1.54) is 0 Å². The van der Waals surface area contributed by atoms with E-state index in [2.05, 4.69) is 0 Å². The lowest BCUT2D eigenvalue weighted by molar-refractivity contribution is -0.140. The van der Waals surface area contributed by atoms with E-state index < -0.39 is 0 Å². The first-order valence-corrected chi connectivity index (χ1v) is 8.19. The summed E-state index contributed by atoms with van der Waals surface area (Å²) in [6.07, 6.45) is 3.39. The molecule has 0 N–H and O–H groups in total. The van der Waals surface area contributed by atoms with E-state index in [1.54, 1.807) is 38.1 Å². The fraction of sp³-hybridized carbons (Fsp3) is 0.294. The average Bonchev–Trinajstić information content (AvgIpc) is 2.50. The van der Waals surface area contributed by atoms with E-state index in [1.807, 2.05) is 24.3 Å². The second-order valence-corrected chi connectivity index (χ2v) is 6.14. The van der Waals surface area contributed by atoms with E-state index in [0.717, 1.165) is 28.6 Å². The first-order chi connectivity index (χ1) is 10.5. The van der Waals surface area contributed by atoms with Crippen LogP contribution in [0.2, 0.25) is 0 Å². The third kappa shape index (κ3) is 3.60. The minimum absolute atomic E-state index is 0.0294. The molecule has 1 aromatic carbocycles. The standard InChI is InChI=1S/C17H20NO3S/c1-4-21-17(20)14(18(2)3)9-10-15-16(19)13-8-6-5-7-12(13)11-22-15/h5-10,22H,4,11H2,1-3H3. The molecule has 117 valence electrons. The van der Waals surface area contributed by atoms with Crippen LogP contribution in [-0.4, -0.2) is 37.4 Å². The van der Waals surface area contributed by atoms with E-state index in [-0.39, 0.29) is 11.8 Å². The first kappa shape index (κ1) is 16.4. The summed E-state index contributed by atoms with van der Waals surface area (Å²) in [6.45, 7) is 2.09. The number of Topliss-reactive ketones (excluding diaryl/α,β-unsaturated/α-hetero) is 1. The van der Waals surface area contributed by atoms with Gasteiger partial charge < -0.3 is 9.64 Å². The van der Waals surface area contributed by atoms with Crippen molar-refractivity contribution in [2.24, 2.45) is 0 Å². The van der Waals surface area contributed by atoms with E-state index in [0.29, 0.717) is 17.2 Å². The van der Waals surface area contributed by atoms with Crippen molar-refractivity contribution >= 4 is 23.5 Å². The van der Waals surface area contributed by atoms with Gasteiger partial charge in [0.2, 0.25) is 0 Å². The monoisotopic (exact) mass is 318 g/mol. The highest BCUT2D eigenvalue weighted by molar-refractivity contribution is 8.03. The van der Waals surface area contributed by atoms with Crippen LogP contribution in [0.3, 0.4) is 0 Å². The van der Waals surface area contributed by atoms with Crippen LogP contribution < -0.4 is 0 Å². The highest BCUT2D eigenvalue weighted by Crippen LogP contribution is 2.33. The highest BCUT2D eigenvalue weighted by atomic mass is 32.2. The maximum atomic E-state index is 12.5. The smallest absolute Gasteiger partial charge is 0.354 e. The van der Waals surface area contributed by atoms with Crippen LogP contribution in [-0.2, 0) is 15.3 Å². The summed E-state index contributed by atoms with van der Waals surface area (Å²) in [5.41, 5.74) is 2.26. The van der Waals surface area contributed by atoms with Crippen LogP contribution in [0.4, 0.5) is 0 Å². The van der Waals surface area contributed by atoms with Gasteiger partial charge in [0.1, 0.15) is 5.70 Å². The first-order valence-electron chi connectivity index (χ1n) is 7.11. The van der Waals surface area contributed by atoms with Gasteiger partial charge in [0.05, 0.1) is 6.61 Å². The molecule has 0 unspecified atom stereocenters. The van der Waals surface area contributed by atoms with Crippen molar-refractivity contribution in [3.8, 4) is 0 Å². The second kappa shape index (κ2) is 7.31. The summed E-state index contributed by atoms with van der Waals surface area (Å²) in [4.78, 5) is 26.7. The Balaban J connectivity index is 2.27. The van der Waals surface area contributed by atoms with Crippen LogP contribution in [0.5, 0.6) is 0 Å². The van der Waals surface area contributed by atoms with Gasteiger partial charge in [0, 0.05) is 30.3 Å². The van der Waals surface area contributed by atoms with Gasteiger partial charge in [0.25, 0.3) is 0 Å². The number of nitrogens with zero attached hydrogens (tertiary/aromatic N) is 1. The third-order valence-electron chi connectivity index (χ3n) is 3.28. The Morgan fingerprint density at radius 3 is 2.77 bits per heavy atom. The molecule has 2 rings (SSSR count). The Labute approximate surface area is 134 Å². The zero-order chi connectivity index (χ0) is 16.1. The molecular formula is C17H20NO3S. The third-order valence-corrected chi connectivity index (χ3v) is 4.47. The average molecular weight is 318 g/mol. The van der Waals surface area contributed by atoms with Crippen molar-refractivity contribution in [1.82, 2.24) is 4.90 Å². The zero-order valence-electron chi connectivity index (χ0n) is 13.0. The van der Waals surface area contributed by atoms with Crippen LogP contribution in [0.1, 0.15) is 22.8 Å². The van der Waals surface area contributed by atoms with Crippen molar-refractivity contribution in [1.29, 1.82) is 0 Å². The lowest BCUT2D eigenvalue weighted by atomic mass is 10.0. The SMILES string of the molecule is CCOC(=O)C(=CC=C1[SH]Cc2ccccc2C1=O)N(C)C.